The van der Waals surface area contributed by atoms with Crippen molar-refractivity contribution in [1.82, 2.24) is 15.3 Å². The van der Waals surface area contributed by atoms with Crippen LogP contribution in [0.3, 0.4) is 0 Å². The Hall–Kier alpha value is -3.00. The quantitative estimate of drug-likeness (QED) is 0.408. The van der Waals surface area contributed by atoms with Crippen molar-refractivity contribution in [2.45, 2.75) is 52.0 Å². The third-order valence-corrected chi connectivity index (χ3v) is 4.38. The average Bonchev–Trinajstić information content (AvgIpc) is 2.71. The number of aryl methyl sites for hydroxylation is 1. The Labute approximate surface area is 161 Å². The molecule has 5 heteroatoms. The highest BCUT2D eigenvalue weighted by Crippen LogP contribution is 2.20. The molecule has 1 N–H and O–H groups in total. The Morgan fingerprint density at radius 1 is 1.30 bits per heavy atom. The lowest BCUT2D eigenvalue weighted by atomic mass is 9.99. The summed E-state index contributed by atoms with van der Waals surface area (Å²) in [6, 6.07) is 10.2. The highest BCUT2D eigenvalue weighted by Gasteiger charge is 2.16. The number of nitrogens with one attached hydrogen (secondary N) is 1. The maximum atomic E-state index is 12.6. The molecule has 2 rings (SSSR count). The summed E-state index contributed by atoms with van der Waals surface area (Å²) in [5.41, 5.74) is 2.85. The summed E-state index contributed by atoms with van der Waals surface area (Å²) < 4.78 is 0. The predicted octanol–water partition coefficient (Wildman–Crippen LogP) is 4.38. The zero-order chi connectivity index (χ0) is 19.5. The van der Waals surface area contributed by atoms with Crippen molar-refractivity contribution < 1.29 is 4.79 Å². The van der Waals surface area contributed by atoms with Gasteiger partial charge in [0.05, 0.1) is 17.9 Å². The summed E-state index contributed by atoms with van der Waals surface area (Å²) in [4.78, 5) is 20.6. The number of aromatic nitrogens is 2. The van der Waals surface area contributed by atoms with E-state index < -0.39 is 5.91 Å². The van der Waals surface area contributed by atoms with E-state index in [1.165, 1.54) is 43.3 Å². The largest absolute Gasteiger partial charge is 0.345 e. The van der Waals surface area contributed by atoms with E-state index in [4.69, 9.17) is 0 Å². The number of amides is 1. The standard InChI is InChI=1S/C22H26N4O/c1-3-5-6-8-17-9-7-10-18(13-17)21(4-2)26-22(27)19(15-23)14-20-16-24-11-12-25-20/h7,9-14,16,21H,3-6,8H2,1-2H3,(H,26,27)/b19-14+. The minimum atomic E-state index is -0.397. The van der Waals surface area contributed by atoms with Crippen LogP contribution in [0, 0.1) is 11.3 Å². The summed E-state index contributed by atoms with van der Waals surface area (Å²) in [5.74, 6) is -0.397. The summed E-state index contributed by atoms with van der Waals surface area (Å²) in [5, 5.41) is 12.3. The number of unbranched alkanes of at least 4 members (excludes halogenated alkanes) is 2. The third kappa shape index (κ3) is 6.34. The molecular weight excluding hydrogens is 336 g/mol. The van der Waals surface area contributed by atoms with Crippen LogP contribution in [0.4, 0.5) is 0 Å². The SMILES string of the molecule is CCCCCc1cccc(C(CC)NC(=O)/C(C#N)=C/c2cnccn2)c1. The third-order valence-electron chi connectivity index (χ3n) is 4.38. The molecule has 0 saturated heterocycles. The Bertz CT molecular complexity index is 809. The van der Waals surface area contributed by atoms with Gasteiger partial charge in [-0.25, -0.2) is 0 Å². The van der Waals surface area contributed by atoms with Crippen LogP contribution < -0.4 is 5.32 Å². The highest BCUT2D eigenvalue weighted by molar-refractivity contribution is 6.01. The molecule has 1 aromatic carbocycles. The second-order valence-corrected chi connectivity index (χ2v) is 6.44. The Morgan fingerprint density at radius 2 is 2.15 bits per heavy atom. The van der Waals surface area contributed by atoms with Crippen molar-refractivity contribution in [3.63, 3.8) is 0 Å². The van der Waals surface area contributed by atoms with Crippen LogP contribution in [0.1, 0.15) is 62.4 Å². The molecule has 1 aromatic heterocycles. The van der Waals surface area contributed by atoms with Gasteiger partial charge >= 0.3 is 0 Å². The fraction of sp³-hybridized carbons (Fsp3) is 0.364. The number of hydrogen-bond acceptors (Lipinski definition) is 4. The van der Waals surface area contributed by atoms with Crippen molar-refractivity contribution in [3.8, 4) is 6.07 Å². The molecule has 0 fully saturated rings. The Balaban J connectivity index is 2.11. The van der Waals surface area contributed by atoms with Gasteiger partial charge in [-0.1, -0.05) is 51.0 Å². The molecule has 1 unspecified atom stereocenters. The Kier molecular flexibility index (Phi) is 8.18. The van der Waals surface area contributed by atoms with Crippen molar-refractivity contribution in [1.29, 1.82) is 5.26 Å². The molecule has 1 amide bonds. The predicted molar refractivity (Wildman–Crippen MR) is 106 cm³/mol. The molecular formula is C22H26N4O. The topological polar surface area (TPSA) is 78.7 Å². The molecule has 0 bridgehead atoms. The first-order valence-electron chi connectivity index (χ1n) is 9.45. The maximum Gasteiger partial charge on any atom is 0.262 e. The molecule has 0 saturated carbocycles. The fourth-order valence-corrected chi connectivity index (χ4v) is 2.88. The van der Waals surface area contributed by atoms with Crippen LogP contribution in [0.2, 0.25) is 0 Å². The molecule has 0 radical (unpaired) electrons. The van der Waals surface area contributed by atoms with Gasteiger partial charge in [0.2, 0.25) is 0 Å². The second kappa shape index (κ2) is 10.9. The molecule has 5 nitrogen and oxygen atoms in total. The van der Waals surface area contributed by atoms with E-state index >= 15 is 0 Å². The van der Waals surface area contributed by atoms with Crippen LogP contribution in [0.5, 0.6) is 0 Å². The maximum absolute atomic E-state index is 12.6. The Morgan fingerprint density at radius 3 is 2.81 bits per heavy atom. The zero-order valence-electron chi connectivity index (χ0n) is 16.0. The first-order chi connectivity index (χ1) is 13.2. The number of hydrogen-bond donors (Lipinski definition) is 1. The number of carbonyl (C=O) groups excluding carboxylic acids is 1. The summed E-state index contributed by atoms with van der Waals surface area (Å²) in [6.07, 6.45) is 11.4. The van der Waals surface area contributed by atoms with Crippen LogP contribution in [0.15, 0.2) is 48.4 Å². The monoisotopic (exact) mass is 362 g/mol. The molecule has 1 heterocycles. The van der Waals surface area contributed by atoms with E-state index in [2.05, 4.69) is 34.3 Å². The molecule has 0 aliphatic rings. The molecule has 0 aliphatic heterocycles. The van der Waals surface area contributed by atoms with Crippen LogP contribution >= 0.6 is 0 Å². The number of carbonyl (C=O) groups is 1. The zero-order valence-corrected chi connectivity index (χ0v) is 16.0. The van der Waals surface area contributed by atoms with Gasteiger partial charge in [0.1, 0.15) is 11.6 Å². The van der Waals surface area contributed by atoms with Gasteiger partial charge in [0.15, 0.2) is 0 Å². The van der Waals surface area contributed by atoms with E-state index in [1.54, 1.807) is 6.20 Å². The highest BCUT2D eigenvalue weighted by atomic mass is 16.1. The van der Waals surface area contributed by atoms with E-state index in [9.17, 15) is 10.1 Å². The van der Waals surface area contributed by atoms with Crippen LogP contribution in [0.25, 0.3) is 6.08 Å². The molecule has 140 valence electrons. The minimum Gasteiger partial charge on any atom is -0.345 e. The van der Waals surface area contributed by atoms with E-state index in [1.807, 2.05) is 25.1 Å². The minimum absolute atomic E-state index is 0.0213. The van der Waals surface area contributed by atoms with Gasteiger partial charge in [-0.3, -0.25) is 14.8 Å². The number of rotatable bonds is 9. The second-order valence-electron chi connectivity index (χ2n) is 6.44. The summed E-state index contributed by atoms with van der Waals surface area (Å²) in [6.45, 7) is 4.22. The van der Waals surface area contributed by atoms with Gasteiger partial charge in [0.25, 0.3) is 5.91 Å². The number of nitriles is 1. The van der Waals surface area contributed by atoms with Crippen LogP contribution in [-0.2, 0) is 11.2 Å². The fourth-order valence-electron chi connectivity index (χ4n) is 2.88. The van der Waals surface area contributed by atoms with Gasteiger partial charge in [-0.05, 0) is 36.5 Å². The van der Waals surface area contributed by atoms with Crippen molar-refractivity contribution in [3.05, 3.63) is 65.2 Å². The van der Waals surface area contributed by atoms with Crippen molar-refractivity contribution >= 4 is 12.0 Å². The molecule has 0 aliphatic carbocycles. The van der Waals surface area contributed by atoms with E-state index in [0.29, 0.717) is 5.69 Å². The first kappa shape index (κ1) is 20.3. The number of nitrogens with zero attached hydrogens (tertiary/aromatic N) is 3. The molecule has 0 spiro atoms. The number of benzene rings is 1. The first-order valence-corrected chi connectivity index (χ1v) is 9.45. The smallest absolute Gasteiger partial charge is 0.262 e. The molecule has 2 aromatic rings. The van der Waals surface area contributed by atoms with Crippen molar-refractivity contribution in [2.75, 3.05) is 0 Å². The summed E-state index contributed by atoms with van der Waals surface area (Å²) in [7, 11) is 0. The van der Waals surface area contributed by atoms with Gasteiger partial charge in [-0.2, -0.15) is 5.26 Å². The van der Waals surface area contributed by atoms with E-state index in [-0.39, 0.29) is 11.6 Å². The molecule has 1 atom stereocenters. The van der Waals surface area contributed by atoms with Gasteiger partial charge in [0, 0.05) is 12.4 Å². The summed E-state index contributed by atoms with van der Waals surface area (Å²) >= 11 is 0. The van der Waals surface area contributed by atoms with Gasteiger partial charge < -0.3 is 5.32 Å². The lowest BCUT2D eigenvalue weighted by molar-refractivity contribution is -0.117. The van der Waals surface area contributed by atoms with Gasteiger partial charge in [-0.15, -0.1) is 0 Å². The van der Waals surface area contributed by atoms with Crippen molar-refractivity contribution in [2.24, 2.45) is 0 Å². The molecule has 27 heavy (non-hydrogen) atoms. The van der Waals surface area contributed by atoms with Crippen LogP contribution in [-0.4, -0.2) is 15.9 Å². The lowest BCUT2D eigenvalue weighted by Gasteiger charge is -2.18. The average molecular weight is 362 g/mol. The normalized spacial score (nSPS) is 12.3. The lowest BCUT2D eigenvalue weighted by Crippen LogP contribution is -2.29. The van der Waals surface area contributed by atoms with E-state index in [0.717, 1.165) is 18.4 Å².